The van der Waals surface area contributed by atoms with Crippen molar-refractivity contribution in [3.05, 3.63) is 60.2 Å². The Morgan fingerprint density at radius 3 is 2.66 bits per heavy atom. The predicted octanol–water partition coefficient (Wildman–Crippen LogP) is 2.54. The van der Waals surface area contributed by atoms with E-state index < -0.39 is 0 Å². The van der Waals surface area contributed by atoms with Crippen LogP contribution in [0.25, 0.3) is 16.7 Å². The molecule has 8 nitrogen and oxygen atoms in total. The Bertz CT molecular complexity index is 1180. The average molecular weight is 387 g/mol. The minimum Gasteiger partial charge on any atom is -0.353 e. The van der Waals surface area contributed by atoms with Gasteiger partial charge in [0, 0.05) is 26.3 Å². The van der Waals surface area contributed by atoms with Gasteiger partial charge >= 0.3 is 0 Å². The van der Waals surface area contributed by atoms with Crippen molar-refractivity contribution in [2.75, 3.05) is 25.0 Å². The summed E-state index contributed by atoms with van der Waals surface area (Å²) in [6.07, 6.45) is 3.98. The minimum atomic E-state index is -0.240. The van der Waals surface area contributed by atoms with Crippen molar-refractivity contribution in [2.45, 2.75) is 19.4 Å². The molecule has 4 heterocycles. The van der Waals surface area contributed by atoms with E-state index in [1.54, 1.807) is 22.7 Å². The van der Waals surface area contributed by atoms with Gasteiger partial charge in [0.2, 0.25) is 5.82 Å². The number of benzene rings is 1. The number of anilines is 1. The number of nitrogens with zero attached hydrogens (tertiary/aromatic N) is 7. The van der Waals surface area contributed by atoms with Crippen LogP contribution in [0.3, 0.4) is 0 Å². The van der Waals surface area contributed by atoms with Gasteiger partial charge in [-0.15, -0.1) is 5.10 Å². The number of rotatable bonds is 4. The number of amides is 1. The largest absolute Gasteiger partial charge is 0.353 e. The summed E-state index contributed by atoms with van der Waals surface area (Å²) in [7, 11) is 1.74. The summed E-state index contributed by atoms with van der Waals surface area (Å²) in [4.78, 5) is 30.6. The predicted molar refractivity (Wildman–Crippen MR) is 110 cm³/mol. The first kappa shape index (κ1) is 17.5. The molecular weight excluding hydrogens is 366 g/mol. The lowest BCUT2D eigenvalue weighted by Gasteiger charge is -2.17. The lowest BCUT2D eigenvalue weighted by atomic mass is 10.3. The monoisotopic (exact) mass is 387 g/mol. The molecule has 0 radical (unpaired) electrons. The molecule has 3 aromatic heterocycles. The Labute approximate surface area is 167 Å². The normalized spacial score (nSPS) is 14.0. The summed E-state index contributed by atoms with van der Waals surface area (Å²) in [6, 6.07) is 13.5. The Morgan fingerprint density at radius 2 is 1.86 bits per heavy atom. The van der Waals surface area contributed by atoms with E-state index in [-0.39, 0.29) is 11.7 Å². The molecule has 5 rings (SSSR count). The maximum absolute atomic E-state index is 13.0. The number of hydrogen-bond donors (Lipinski definition) is 0. The van der Waals surface area contributed by atoms with Gasteiger partial charge in [-0.25, -0.2) is 9.50 Å². The molecule has 8 heteroatoms. The molecule has 29 heavy (non-hydrogen) atoms. The zero-order valence-corrected chi connectivity index (χ0v) is 16.2. The Kier molecular flexibility index (Phi) is 4.31. The van der Waals surface area contributed by atoms with Crippen molar-refractivity contribution in [2.24, 2.45) is 0 Å². The molecular formula is C21H21N7O. The van der Waals surface area contributed by atoms with E-state index in [0.717, 1.165) is 48.5 Å². The van der Waals surface area contributed by atoms with Crippen molar-refractivity contribution in [3.63, 3.8) is 0 Å². The fraction of sp³-hybridized carbons (Fsp3) is 0.286. The van der Waals surface area contributed by atoms with Crippen molar-refractivity contribution in [1.29, 1.82) is 0 Å². The summed E-state index contributed by atoms with van der Waals surface area (Å²) < 4.78 is 1.75. The SMILES string of the molecule is CN(Cc1ccccn1)C(=O)c1nc2c(N3CCCC3)nc3ccccc3n2n1. The Morgan fingerprint density at radius 1 is 1.07 bits per heavy atom. The quantitative estimate of drug-likeness (QED) is 0.535. The van der Waals surface area contributed by atoms with Gasteiger partial charge in [-0.3, -0.25) is 9.78 Å². The summed E-state index contributed by atoms with van der Waals surface area (Å²) >= 11 is 0. The third kappa shape index (κ3) is 3.16. The van der Waals surface area contributed by atoms with Crippen LogP contribution in [0.1, 0.15) is 29.2 Å². The second-order valence-corrected chi connectivity index (χ2v) is 7.27. The second kappa shape index (κ2) is 7.12. The standard InChI is InChI=1S/C21H21N7O/c1-26(14-15-8-4-5-11-22-15)21(29)18-24-20-19(27-12-6-7-13-27)23-16-9-2-3-10-17(16)28(20)25-18/h2-5,8-11H,6-7,12-14H2,1H3. The molecule has 0 saturated carbocycles. The van der Waals surface area contributed by atoms with Crippen LogP contribution < -0.4 is 4.90 Å². The number of aromatic nitrogens is 5. The molecule has 0 atom stereocenters. The van der Waals surface area contributed by atoms with Gasteiger partial charge in [0.15, 0.2) is 11.5 Å². The van der Waals surface area contributed by atoms with Crippen molar-refractivity contribution in [1.82, 2.24) is 29.5 Å². The lowest BCUT2D eigenvalue weighted by Crippen LogP contribution is -2.27. The van der Waals surface area contributed by atoms with E-state index in [4.69, 9.17) is 4.98 Å². The molecule has 1 aliphatic heterocycles. The highest BCUT2D eigenvalue weighted by atomic mass is 16.2. The van der Waals surface area contributed by atoms with Crippen LogP contribution in [0.2, 0.25) is 0 Å². The van der Waals surface area contributed by atoms with E-state index in [9.17, 15) is 4.79 Å². The van der Waals surface area contributed by atoms with Crippen molar-refractivity contribution < 1.29 is 4.79 Å². The molecule has 146 valence electrons. The average Bonchev–Trinajstić information content (AvgIpc) is 3.44. The third-order valence-electron chi connectivity index (χ3n) is 5.21. The highest BCUT2D eigenvalue weighted by Crippen LogP contribution is 2.26. The highest BCUT2D eigenvalue weighted by Gasteiger charge is 2.24. The summed E-state index contributed by atoms with van der Waals surface area (Å²) in [5.74, 6) is 0.720. The molecule has 0 aliphatic carbocycles. The van der Waals surface area contributed by atoms with Gasteiger partial charge in [0.05, 0.1) is 23.3 Å². The van der Waals surface area contributed by atoms with Crippen LogP contribution in [-0.2, 0) is 6.54 Å². The zero-order chi connectivity index (χ0) is 19.8. The van der Waals surface area contributed by atoms with E-state index in [2.05, 4.69) is 20.0 Å². The maximum Gasteiger partial charge on any atom is 0.293 e. The lowest BCUT2D eigenvalue weighted by molar-refractivity contribution is 0.0771. The number of para-hydroxylation sites is 2. The van der Waals surface area contributed by atoms with Crippen molar-refractivity contribution in [3.8, 4) is 0 Å². The summed E-state index contributed by atoms with van der Waals surface area (Å²) in [6.45, 7) is 2.28. The molecule has 0 bridgehead atoms. The summed E-state index contributed by atoms with van der Waals surface area (Å²) in [5.41, 5.74) is 3.12. The molecule has 0 spiro atoms. The fourth-order valence-corrected chi connectivity index (χ4v) is 3.74. The highest BCUT2D eigenvalue weighted by molar-refractivity contribution is 5.92. The molecule has 0 N–H and O–H groups in total. The van der Waals surface area contributed by atoms with E-state index in [1.165, 1.54) is 0 Å². The number of carbonyl (C=O) groups excluding carboxylic acids is 1. The fourth-order valence-electron chi connectivity index (χ4n) is 3.74. The maximum atomic E-state index is 13.0. The Hall–Kier alpha value is -3.55. The van der Waals surface area contributed by atoms with E-state index in [0.29, 0.717) is 12.2 Å². The first-order chi connectivity index (χ1) is 14.2. The molecule has 1 fully saturated rings. The van der Waals surface area contributed by atoms with Gasteiger partial charge in [-0.2, -0.15) is 4.98 Å². The van der Waals surface area contributed by atoms with Gasteiger partial charge in [0.25, 0.3) is 5.91 Å². The number of hydrogen-bond acceptors (Lipinski definition) is 6. The molecule has 1 amide bonds. The number of pyridine rings is 1. The van der Waals surface area contributed by atoms with Gasteiger partial charge in [-0.1, -0.05) is 18.2 Å². The Balaban J connectivity index is 1.57. The van der Waals surface area contributed by atoms with Gasteiger partial charge in [0.1, 0.15) is 0 Å². The second-order valence-electron chi connectivity index (χ2n) is 7.27. The number of carbonyl (C=O) groups is 1. The van der Waals surface area contributed by atoms with Gasteiger partial charge in [-0.05, 0) is 37.1 Å². The first-order valence-corrected chi connectivity index (χ1v) is 9.76. The van der Waals surface area contributed by atoms with Crippen molar-refractivity contribution >= 4 is 28.4 Å². The van der Waals surface area contributed by atoms with Crippen LogP contribution in [0, 0.1) is 0 Å². The molecule has 1 aromatic carbocycles. The van der Waals surface area contributed by atoms with Crippen LogP contribution >= 0.6 is 0 Å². The molecule has 1 aliphatic rings. The summed E-state index contributed by atoms with van der Waals surface area (Å²) in [5, 5.41) is 4.56. The zero-order valence-electron chi connectivity index (χ0n) is 16.2. The minimum absolute atomic E-state index is 0.169. The molecule has 1 saturated heterocycles. The van der Waals surface area contributed by atoms with E-state index in [1.807, 2.05) is 42.5 Å². The van der Waals surface area contributed by atoms with Crippen LogP contribution in [0.15, 0.2) is 48.7 Å². The van der Waals surface area contributed by atoms with Crippen LogP contribution in [0.4, 0.5) is 5.82 Å². The molecule has 0 unspecified atom stereocenters. The van der Waals surface area contributed by atoms with Crippen LogP contribution in [0.5, 0.6) is 0 Å². The smallest absolute Gasteiger partial charge is 0.293 e. The van der Waals surface area contributed by atoms with E-state index >= 15 is 0 Å². The first-order valence-electron chi connectivity index (χ1n) is 9.76. The van der Waals surface area contributed by atoms with Crippen LogP contribution in [-0.4, -0.2) is 55.5 Å². The van der Waals surface area contributed by atoms with Gasteiger partial charge < -0.3 is 9.80 Å². The molecule has 4 aromatic rings. The number of fused-ring (bicyclic) bond motifs is 3. The third-order valence-corrected chi connectivity index (χ3v) is 5.21. The topological polar surface area (TPSA) is 79.5 Å².